The minimum absolute atomic E-state index is 0.0165. The van der Waals surface area contributed by atoms with Crippen LogP contribution in [0.3, 0.4) is 0 Å². The SMILES string of the molecule is COC[C@]1(O)CCCC[C@H]1n1cnc(C(=O)N2CCNC[C@H]2Cc2cccc(OC)c2)c1-c1ccccc1. The van der Waals surface area contributed by atoms with E-state index in [9.17, 15) is 9.90 Å². The number of aliphatic hydroxyl groups is 1. The molecule has 38 heavy (non-hydrogen) atoms. The molecular weight excluding hydrogens is 480 g/mol. The first kappa shape index (κ1) is 26.4. The first-order valence-electron chi connectivity index (χ1n) is 13.5. The summed E-state index contributed by atoms with van der Waals surface area (Å²) < 4.78 is 12.9. The molecule has 1 saturated carbocycles. The number of ether oxygens (including phenoxy) is 2. The van der Waals surface area contributed by atoms with E-state index in [1.807, 2.05) is 58.0 Å². The Hall–Kier alpha value is -3.20. The first-order chi connectivity index (χ1) is 18.5. The molecule has 1 saturated heterocycles. The number of carbonyl (C=O) groups is 1. The molecule has 1 aromatic heterocycles. The molecule has 1 aliphatic heterocycles. The number of nitrogens with one attached hydrogen (secondary N) is 1. The number of piperazine rings is 1. The highest BCUT2D eigenvalue weighted by atomic mass is 16.5. The largest absolute Gasteiger partial charge is 0.497 e. The van der Waals surface area contributed by atoms with Gasteiger partial charge in [0.2, 0.25) is 0 Å². The minimum Gasteiger partial charge on any atom is -0.497 e. The normalized spacial score (nSPS) is 23.8. The Labute approximate surface area is 224 Å². The fourth-order valence-electron chi connectivity index (χ4n) is 6.07. The molecule has 8 heteroatoms. The van der Waals surface area contributed by atoms with Gasteiger partial charge in [-0.05, 0) is 37.0 Å². The van der Waals surface area contributed by atoms with Gasteiger partial charge >= 0.3 is 0 Å². The Balaban J connectivity index is 1.51. The Morgan fingerprint density at radius 3 is 2.79 bits per heavy atom. The molecule has 8 nitrogen and oxygen atoms in total. The summed E-state index contributed by atoms with van der Waals surface area (Å²) in [5.74, 6) is 0.730. The summed E-state index contributed by atoms with van der Waals surface area (Å²) >= 11 is 0. The molecule has 2 fully saturated rings. The number of hydrogen-bond acceptors (Lipinski definition) is 6. The molecule has 1 aliphatic carbocycles. The quantitative estimate of drug-likeness (QED) is 0.473. The lowest BCUT2D eigenvalue weighted by molar-refractivity contribution is -0.0893. The molecule has 202 valence electrons. The molecule has 3 aromatic rings. The van der Waals surface area contributed by atoms with Gasteiger partial charge in [0.15, 0.2) is 5.69 Å². The average Bonchev–Trinajstić information content (AvgIpc) is 3.38. The Morgan fingerprint density at radius 2 is 2.00 bits per heavy atom. The Morgan fingerprint density at radius 1 is 1.16 bits per heavy atom. The molecule has 2 aliphatic rings. The lowest BCUT2D eigenvalue weighted by atomic mass is 9.80. The van der Waals surface area contributed by atoms with Crippen molar-refractivity contribution in [1.29, 1.82) is 0 Å². The van der Waals surface area contributed by atoms with Crippen molar-refractivity contribution in [1.82, 2.24) is 19.8 Å². The molecule has 2 N–H and O–H groups in total. The van der Waals surface area contributed by atoms with Crippen LogP contribution in [0.15, 0.2) is 60.9 Å². The zero-order valence-electron chi connectivity index (χ0n) is 22.3. The summed E-state index contributed by atoms with van der Waals surface area (Å²) in [4.78, 5) is 20.9. The van der Waals surface area contributed by atoms with Crippen molar-refractivity contribution in [2.75, 3.05) is 40.5 Å². The highest BCUT2D eigenvalue weighted by Crippen LogP contribution is 2.41. The second-order valence-electron chi connectivity index (χ2n) is 10.4. The summed E-state index contributed by atoms with van der Waals surface area (Å²) in [5.41, 5.74) is 2.21. The van der Waals surface area contributed by atoms with Gasteiger partial charge in [0, 0.05) is 38.3 Å². The number of amides is 1. The molecule has 0 unspecified atom stereocenters. The molecular formula is C30H38N4O4. The smallest absolute Gasteiger partial charge is 0.275 e. The number of carbonyl (C=O) groups excluding carboxylic acids is 1. The van der Waals surface area contributed by atoms with E-state index in [1.54, 1.807) is 20.5 Å². The van der Waals surface area contributed by atoms with Crippen molar-refractivity contribution in [2.24, 2.45) is 0 Å². The first-order valence-corrected chi connectivity index (χ1v) is 13.5. The lowest BCUT2D eigenvalue weighted by Gasteiger charge is -2.41. The maximum absolute atomic E-state index is 14.2. The van der Waals surface area contributed by atoms with Gasteiger partial charge in [-0.1, -0.05) is 55.3 Å². The van der Waals surface area contributed by atoms with Crippen LogP contribution in [-0.2, 0) is 11.2 Å². The number of nitrogens with zero attached hydrogens (tertiary/aromatic N) is 3. The molecule has 2 aromatic carbocycles. The maximum Gasteiger partial charge on any atom is 0.275 e. The summed E-state index contributed by atoms with van der Waals surface area (Å²) in [7, 11) is 3.29. The van der Waals surface area contributed by atoms with Gasteiger partial charge < -0.3 is 29.4 Å². The van der Waals surface area contributed by atoms with Crippen LogP contribution in [0.1, 0.15) is 47.8 Å². The number of benzene rings is 2. The van der Waals surface area contributed by atoms with Crippen molar-refractivity contribution < 1.29 is 19.4 Å². The third-order valence-electron chi connectivity index (χ3n) is 7.95. The summed E-state index contributed by atoms with van der Waals surface area (Å²) in [6, 6.07) is 17.7. The highest BCUT2D eigenvalue weighted by Gasteiger charge is 2.42. The van der Waals surface area contributed by atoms with Crippen LogP contribution in [0.5, 0.6) is 5.75 Å². The number of aromatic nitrogens is 2. The van der Waals surface area contributed by atoms with Crippen molar-refractivity contribution in [3.05, 3.63) is 72.2 Å². The fourth-order valence-corrected chi connectivity index (χ4v) is 6.07. The van der Waals surface area contributed by atoms with E-state index >= 15 is 0 Å². The molecule has 0 radical (unpaired) electrons. The second-order valence-corrected chi connectivity index (χ2v) is 10.4. The highest BCUT2D eigenvalue weighted by molar-refractivity contribution is 5.98. The van der Waals surface area contributed by atoms with E-state index in [4.69, 9.17) is 14.5 Å². The number of rotatable bonds is 8. The number of imidazole rings is 1. The molecule has 0 spiro atoms. The summed E-state index contributed by atoms with van der Waals surface area (Å²) in [6.45, 7) is 2.29. The van der Waals surface area contributed by atoms with Gasteiger partial charge in [0.05, 0.1) is 31.8 Å². The predicted octanol–water partition coefficient (Wildman–Crippen LogP) is 3.71. The van der Waals surface area contributed by atoms with E-state index in [1.165, 1.54) is 0 Å². The summed E-state index contributed by atoms with van der Waals surface area (Å²) in [5, 5.41) is 15.1. The van der Waals surface area contributed by atoms with E-state index < -0.39 is 5.60 Å². The van der Waals surface area contributed by atoms with Crippen LogP contribution in [0, 0.1) is 0 Å². The van der Waals surface area contributed by atoms with Gasteiger partial charge in [-0.2, -0.15) is 0 Å². The Bertz CT molecular complexity index is 1230. The van der Waals surface area contributed by atoms with Crippen LogP contribution in [0.25, 0.3) is 11.3 Å². The maximum atomic E-state index is 14.2. The van der Waals surface area contributed by atoms with Crippen LogP contribution in [0.2, 0.25) is 0 Å². The van der Waals surface area contributed by atoms with Crippen molar-refractivity contribution in [3.63, 3.8) is 0 Å². The van der Waals surface area contributed by atoms with Crippen LogP contribution in [-0.4, -0.2) is 77.6 Å². The van der Waals surface area contributed by atoms with Gasteiger partial charge in [-0.25, -0.2) is 4.98 Å². The fraction of sp³-hybridized carbons (Fsp3) is 0.467. The molecule has 0 bridgehead atoms. The third kappa shape index (κ3) is 5.34. The molecule has 1 amide bonds. The van der Waals surface area contributed by atoms with Gasteiger partial charge in [0.1, 0.15) is 11.4 Å². The van der Waals surface area contributed by atoms with Crippen LogP contribution >= 0.6 is 0 Å². The van der Waals surface area contributed by atoms with Gasteiger partial charge in [0.25, 0.3) is 5.91 Å². The Kier molecular flexibility index (Phi) is 8.12. The van der Waals surface area contributed by atoms with Gasteiger partial charge in [-0.15, -0.1) is 0 Å². The van der Waals surface area contributed by atoms with E-state index in [0.717, 1.165) is 48.4 Å². The van der Waals surface area contributed by atoms with Crippen molar-refractivity contribution in [2.45, 2.75) is 49.8 Å². The number of methoxy groups -OCH3 is 2. The summed E-state index contributed by atoms with van der Waals surface area (Å²) in [6.07, 6.45) is 5.87. The van der Waals surface area contributed by atoms with E-state index in [0.29, 0.717) is 31.6 Å². The van der Waals surface area contributed by atoms with E-state index in [-0.39, 0.29) is 24.6 Å². The molecule has 5 rings (SSSR count). The average molecular weight is 519 g/mol. The van der Waals surface area contributed by atoms with Crippen molar-refractivity contribution >= 4 is 5.91 Å². The van der Waals surface area contributed by atoms with E-state index in [2.05, 4.69) is 11.4 Å². The minimum atomic E-state index is -1.01. The van der Waals surface area contributed by atoms with Crippen LogP contribution < -0.4 is 10.1 Å². The second kappa shape index (κ2) is 11.7. The van der Waals surface area contributed by atoms with Gasteiger partial charge in [-0.3, -0.25) is 4.79 Å². The standard InChI is InChI=1S/C30H38N4O4/c1-37-20-30(36)14-7-6-13-26(30)34-21-32-27(28(34)23-10-4-3-5-11-23)29(35)33-16-15-31-19-24(33)17-22-9-8-12-25(18-22)38-2/h3-5,8-12,18,21,24,26,31,36H,6-7,13-17,19-20H2,1-2H3/t24-,26-,30-/m1/s1. The monoisotopic (exact) mass is 518 g/mol. The topological polar surface area (TPSA) is 88.8 Å². The third-order valence-corrected chi connectivity index (χ3v) is 7.95. The predicted molar refractivity (Wildman–Crippen MR) is 146 cm³/mol. The molecule has 2 heterocycles. The van der Waals surface area contributed by atoms with Crippen molar-refractivity contribution in [3.8, 4) is 17.0 Å². The molecule has 3 atom stereocenters. The zero-order valence-corrected chi connectivity index (χ0v) is 22.3. The lowest BCUT2D eigenvalue weighted by Crippen LogP contribution is -2.54. The number of hydrogen-bond donors (Lipinski definition) is 2. The van der Waals surface area contributed by atoms with Crippen LogP contribution in [0.4, 0.5) is 0 Å². The zero-order chi connectivity index (χ0) is 26.5.